The van der Waals surface area contributed by atoms with Gasteiger partial charge in [-0.05, 0) is 24.1 Å². The van der Waals surface area contributed by atoms with Crippen molar-refractivity contribution >= 4 is 5.91 Å². The molecule has 2 rings (SSSR count). The van der Waals surface area contributed by atoms with Crippen molar-refractivity contribution in [1.82, 2.24) is 4.90 Å². The van der Waals surface area contributed by atoms with Gasteiger partial charge in [0, 0.05) is 13.0 Å². The molecule has 1 saturated heterocycles. The Balaban J connectivity index is 2.02. The second kappa shape index (κ2) is 4.53. The molecule has 0 aromatic heterocycles. The molecule has 16 heavy (non-hydrogen) atoms. The monoisotopic (exact) mass is 221 g/mol. The average Bonchev–Trinajstić information content (AvgIpc) is 2.64. The van der Waals surface area contributed by atoms with Gasteiger partial charge in [0.25, 0.3) is 0 Å². The van der Waals surface area contributed by atoms with Crippen LogP contribution in [0.5, 0.6) is 5.75 Å². The lowest BCUT2D eigenvalue weighted by Gasteiger charge is -2.20. The number of β-amino-alcohol motifs (C(OH)–C–C–N with tert-alkyl or cyclic N) is 1. The lowest BCUT2D eigenvalue weighted by atomic mass is 10.1. The maximum absolute atomic E-state index is 11.4. The van der Waals surface area contributed by atoms with Gasteiger partial charge < -0.3 is 15.1 Å². The number of nitrogens with zero attached hydrogens (tertiary/aromatic N) is 1. The summed E-state index contributed by atoms with van der Waals surface area (Å²) < 4.78 is 0. The van der Waals surface area contributed by atoms with E-state index in [9.17, 15) is 15.0 Å². The molecule has 4 heteroatoms. The zero-order valence-electron chi connectivity index (χ0n) is 8.97. The first-order chi connectivity index (χ1) is 7.66. The molecule has 1 aliphatic rings. The number of carbonyl (C=O) groups is 1. The van der Waals surface area contributed by atoms with Crippen molar-refractivity contribution in [2.45, 2.75) is 18.9 Å². The highest BCUT2D eigenvalue weighted by Gasteiger charge is 2.23. The van der Waals surface area contributed by atoms with Crippen LogP contribution in [0.3, 0.4) is 0 Å². The second-order valence-corrected chi connectivity index (χ2v) is 4.05. The predicted molar refractivity (Wildman–Crippen MR) is 58.9 cm³/mol. The van der Waals surface area contributed by atoms with Crippen LogP contribution in [0.4, 0.5) is 0 Å². The average molecular weight is 221 g/mol. The summed E-state index contributed by atoms with van der Waals surface area (Å²) >= 11 is 0. The van der Waals surface area contributed by atoms with E-state index in [1.54, 1.807) is 23.1 Å². The number of aliphatic hydroxyl groups is 1. The third-order valence-electron chi connectivity index (χ3n) is 2.82. The highest BCUT2D eigenvalue weighted by molar-refractivity contribution is 5.78. The topological polar surface area (TPSA) is 60.8 Å². The summed E-state index contributed by atoms with van der Waals surface area (Å²) in [5.74, 6) is 0.225. The molecule has 1 aromatic carbocycles. The quantitative estimate of drug-likeness (QED) is 0.802. The summed E-state index contributed by atoms with van der Waals surface area (Å²) in [5.41, 5.74) is 0.639. The fraction of sp³-hybridized carbons (Fsp3) is 0.417. The molecule has 2 N–H and O–H groups in total. The molecule has 1 amide bonds. The van der Waals surface area contributed by atoms with E-state index < -0.39 is 6.10 Å². The lowest BCUT2D eigenvalue weighted by Crippen LogP contribution is -2.29. The summed E-state index contributed by atoms with van der Waals surface area (Å²) in [6, 6.07) is 6.49. The molecule has 0 spiro atoms. The van der Waals surface area contributed by atoms with E-state index in [1.807, 2.05) is 0 Å². The molecular formula is C12H15NO3. The Hall–Kier alpha value is -1.55. The van der Waals surface area contributed by atoms with Gasteiger partial charge in [0.2, 0.25) is 5.91 Å². The smallest absolute Gasteiger partial charge is 0.222 e. The molecule has 1 atom stereocenters. The summed E-state index contributed by atoms with van der Waals surface area (Å²) in [6.45, 7) is 1.02. The van der Waals surface area contributed by atoms with Crippen LogP contribution in [-0.4, -0.2) is 34.1 Å². The first-order valence-electron chi connectivity index (χ1n) is 5.41. The molecule has 86 valence electrons. The minimum absolute atomic E-state index is 0.0965. The van der Waals surface area contributed by atoms with E-state index in [1.165, 1.54) is 6.07 Å². The van der Waals surface area contributed by atoms with Crippen molar-refractivity contribution in [3.63, 3.8) is 0 Å². The summed E-state index contributed by atoms with van der Waals surface area (Å²) in [4.78, 5) is 13.0. The molecule has 0 radical (unpaired) electrons. The molecule has 1 aliphatic heterocycles. The predicted octanol–water partition coefficient (Wildman–Crippen LogP) is 1.05. The molecule has 0 bridgehead atoms. The number of hydrogen-bond acceptors (Lipinski definition) is 3. The number of aliphatic hydroxyl groups excluding tert-OH is 1. The van der Waals surface area contributed by atoms with Crippen LogP contribution in [0.2, 0.25) is 0 Å². The normalized spacial score (nSPS) is 17.8. The number of amides is 1. The molecule has 1 heterocycles. The van der Waals surface area contributed by atoms with Crippen molar-refractivity contribution < 1.29 is 15.0 Å². The fourth-order valence-electron chi connectivity index (χ4n) is 1.94. The highest BCUT2D eigenvalue weighted by atomic mass is 16.3. The number of hydrogen-bond donors (Lipinski definition) is 2. The van der Waals surface area contributed by atoms with Gasteiger partial charge in [-0.1, -0.05) is 12.1 Å². The van der Waals surface area contributed by atoms with Crippen LogP contribution in [0, 0.1) is 0 Å². The van der Waals surface area contributed by atoms with Gasteiger partial charge in [0.1, 0.15) is 5.75 Å². The maximum Gasteiger partial charge on any atom is 0.222 e. The summed E-state index contributed by atoms with van der Waals surface area (Å²) in [7, 11) is 0. The van der Waals surface area contributed by atoms with Crippen molar-refractivity contribution in [1.29, 1.82) is 0 Å². The SMILES string of the molecule is O=C1CCCN1CC(O)c1cccc(O)c1. The van der Waals surface area contributed by atoms with E-state index >= 15 is 0 Å². The molecule has 1 fully saturated rings. The number of likely N-dealkylation sites (tertiary alicyclic amines) is 1. The van der Waals surface area contributed by atoms with Crippen LogP contribution in [0.1, 0.15) is 24.5 Å². The number of aromatic hydroxyl groups is 1. The Morgan fingerprint density at radius 1 is 1.44 bits per heavy atom. The number of benzene rings is 1. The van der Waals surface area contributed by atoms with Gasteiger partial charge in [-0.25, -0.2) is 0 Å². The van der Waals surface area contributed by atoms with Crippen molar-refractivity contribution in [3.8, 4) is 5.75 Å². The Morgan fingerprint density at radius 3 is 2.88 bits per heavy atom. The van der Waals surface area contributed by atoms with Crippen LogP contribution in [0.25, 0.3) is 0 Å². The van der Waals surface area contributed by atoms with Crippen LogP contribution < -0.4 is 0 Å². The lowest BCUT2D eigenvalue weighted by molar-refractivity contribution is -0.128. The molecule has 1 aromatic rings. The zero-order valence-corrected chi connectivity index (χ0v) is 8.97. The van der Waals surface area contributed by atoms with Gasteiger partial charge in [0.05, 0.1) is 12.6 Å². The van der Waals surface area contributed by atoms with Gasteiger partial charge in [0.15, 0.2) is 0 Å². The van der Waals surface area contributed by atoms with E-state index in [4.69, 9.17) is 0 Å². The number of phenolic OH excluding ortho intramolecular Hbond substituents is 1. The Bertz CT molecular complexity index is 392. The summed E-state index contributed by atoms with van der Waals surface area (Å²) in [6.07, 6.45) is 0.715. The maximum atomic E-state index is 11.4. The van der Waals surface area contributed by atoms with E-state index in [0.29, 0.717) is 25.1 Å². The minimum Gasteiger partial charge on any atom is -0.508 e. The molecule has 1 unspecified atom stereocenters. The largest absolute Gasteiger partial charge is 0.508 e. The zero-order chi connectivity index (χ0) is 11.5. The van der Waals surface area contributed by atoms with Gasteiger partial charge >= 0.3 is 0 Å². The van der Waals surface area contributed by atoms with E-state index in [2.05, 4.69) is 0 Å². The third-order valence-corrected chi connectivity index (χ3v) is 2.82. The van der Waals surface area contributed by atoms with Crippen molar-refractivity contribution in [3.05, 3.63) is 29.8 Å². The van der Waals surface area contributed by atoms with Gasteiger partial charge in [-0.3, -0.25) is 4.79 Å². The van der Waals surface area contributed by atoms with Crippen molar-refractivity contribution in [2.24, 2.45) is 0 Å². The first kappa shape index (κ1) is 11.0. The standard InChI is InChI=1S/C12H15NO3/c14-10-4-1-3-9(7-10)11(15)8-13-6-2-5-12(13)16/h1,3-4,7,11,14-15H,2,5-6,8H2. The third kappa shape index (κ3) is 2.33. The number of rotatable bonds is 3. The minimum atomic E-state index is -0.728. The Kier molecular flexibility index (Phi) is 3.10. The Labute approximate surface area is 94.1 Å². The van der Waals surface area contributed by atoms with E-state index in [0.717, 1.165) is 6.42 Å². The van der Waals surface area contributed by atoms with Crippen LogP contribution in [0.15, 0.2) is 24.3 Å². The second-order valence-electron chi connectivity index (χ2n) is 4.05. The number of phenols is 1. The molecular weight excluding hydrogens is 206 g/mol. The molecule has 0 saturated carbocycles. The number of carbonyl (C=O) groups excluding carboxylic acids is 1. The van der Waals surface area contributed by atoms with Gasteiger partial charge in [-0.15, -0.1) is 0 Å². The van der Waals surface area contributed by atoms with Crippen LogP contribution in [-0.2, 0) is 4.79 Å². The van der Waals surface area contributed by atoms with E-state index in [-0.39, 0.29) is 11.7 Å². The summed E-state index contributed by atoms with van der Waals surface area (Å²) in [5, 5.41) is 19.2. The molecule has 0 aliphatic carbocycles. The highest BCUT2D eigenvalue weighted by Crippen LogP contribution is 2.21. The van der Waals surface area contributed by atoms with Gasteiger partial charge in [-0.2, -0.15) is 0 Å². The molecule has 4 nitrogen and oxygen atoms in total. The van der Waals surface area contributed by atoms with Crippen molar-refractivity contribution in [2.75, 3.05) is 13.1 Å². The first-order valence-corrected chi connectivity index (χ1v) is 5.41. The Morgan fingerprint density at radius 2 is 2.25 bits per heavy atom. The fourth-order valence-corrected chi connectivity index (χ4v) is 1.94. The van der Waals surface area contributed by atoms with Crippen LogP contribution >= 0.6 is 0 Å².